The summed E-state index contributed by atoms with van der Waals surface area (Å²) in [5, 5.41) is 4.88. The fourth-order valence-electron chi connectivity index (χ4n) is 3.24. The molecule has 0 fully saturated rings. The highest BCUT2D eigenvalue weighted by molar-refractivity contribution is 7.13. The molecule has 0 saturated heterocycles. The maximum Gasteiger partial charge on any atom is 0.275 e. The van der Waals surface area contributed by atoms with E-state index in [0.717, 1.165) is 22.6 Å². The Morgan fingerprint density at radius 3 is 2.83 bits per heavy atom. The highest BCUT2D eigenvalue weighted by Crippen LogP contribution is 2.37. The second kappa shape index (κ2) is 10.5. The van der Waals surface area contributed by atoms with Gasteiger partial charge in [0.25, 0.3) is 5.56 Å². The number of allylic oxidation sites excluding steroid dienone is 1. The van der Waals surface area contributed by atoms with Crippen molar-refractivity contribution in [1.29, 1.82) is 0 Å². The van der Waals surface area contributed by atoms with Crippen LogP contribution >= 0.6 is 11.3 Å². The van der Waals surface area contributed by atoms with Gasteiger partial charge in [-0.15, -0.1) is 17.9 Å². The molecule has 0 aromatic carbocycles. The Kier molecular flexibility index (Phi) is 8.09. The number of aryl methyl sites for hydroxylation is 1. The SMILES string of the molecule is C=CCc1c(-c2sccc2CC)n(CCNC(C)=O)c2c(=O)[nH]cnc12.C=NC. The van der Waals surface area contributed by atoms with Crippen LogP contribution in [0.2, 0.25) is 0 Å². The Hall–Kier alpha value is -3.00. The maximum absolute atomic E-state index is 12.6. The standard InChI is InChI=1S/C19H22N4O2S.C2H5N/c1-4-6-14-15-17(19(25)22-11-21-15)23(9-8-20-12(3)24)16(14)18-13(5-2)7-10-26-18;1-3-2/h4,7,10-11H,1,5-6,8-9H2,2-3H3,(H,20,24)(H,21,22,25);1H2,2H3. The number of nitrogens with one attached hydrogen (secondary N) is 2. The van der Waals surface area contributed by atoms with Gasteiger partial charge in [0, 0.05) is 32.6 Å². The number of carbonyl (C=O) groups excluding carboxylic acids is 1. The summed E-state index contributed by atoms with van der Waals surface area (Å²) in [5.74, 6) is -0.0910. The van der Waals surface area contributed by atoms with Gasteiger partial charge in [0.1, 0.15) is 5.52 Å². The van der Waals surface area contributed by atoms with Gasteiger partial charge in [0.05, 0.1) is 22.4 Å². The number of hydrogen-bond donors (Lipinski definition) is 2. The zero-order chi connectivity index (χ0) is 21.4. The van der Waals surface area contributed by atoms with E-state index < -0.39 is 0 Å². The number of thiophene rings is 1. The summed E-state index contributed by atoms with van der Waals surface area (Å²) in [5.41, 5.74) is 4.30. The second-order valence-electron chi connectivity index (χ2n) is 6.33. The number of aliphatic imine (C=N–C) groups is 1. The molecule has 7 nitrogen and oxygen atoms in total. The van der Waals surface area contributed by atoms with Gasteiger partial charge >= 0.3 is 0 Å². The molecule has 8 heteroatoms. The second-order valence-corrected chi connectivity index (χ2v) is 7.24. The number of amides is 1. The molecule has 3 rings (SSSR count). The van der Waals surface area contributed by atoms with Crippen LogP contribution in [0.4, 0.5) is 0 Å². The summed E-state index contributed by atoms with van der Waals surface area (Å²) in [6.45, 7) is 11.5. The van der Waals surface area contributed by atoms with E-state index in [0.29, 0.717) is 30.5 Å². The van der Waals surface area contributed by atoms with Gasteiger partial charge in [-0.25, -0.2) is 4.98 Å². The van der Waals surface area contributed by atoms with Gasteiger partial charge in [0.2, 0.25) is 5.91 Å². The van der Waals surface area contributed by atoms with E-state index in [-0.39, 0.29) is 11.5 Å². The van der Waals surface area contributed by atoms with Crippen LogP contribution in [-0.2, 0) is 24.2 Å². The minimum Gasteiger partial charge on any atom is -0.355 e. The van der Waals surface area contributed by atoms with Gasteiger partial charge in [-0.05, 0) is 36.6 Å². The highest BCUT2D eigenvalue weighted by atomic mass is 32.1. The molecular formula is C21H27N5O2S. The van der Waals surface area contributed by atoms with Gasteiger partial charge in [-0.3, -0.25) is 9.59 Å². The summed E-state index contributed by atoms with van der Waals surface area (Å²) in [6, 6.07) is 2.12. The van der Waals surface area contributed by atoms with Crippen LogP contribution in [0, 0.1) is 0 Å². The number of H-pyrrole nitrogens is 1. The number of carbonyl (C=O) groups is 1. The molecule has 154 valence electrons. The van der Waals surface area contributed by atoms with E-state index >= 15 is 0 Å². The topological polar surface area (TPSA) is 92.1 Å². The molecule has 0 spiro atoms. The highest BCUT2D eigenvalue weighted by Gasteiger charge is 2.23. The molecule has 0 bridgehead atoms. The molecule has 29 heavy (non-hydrogen) atoms. The van der Waals surface area contributed by atoms with Crippen molar-refractivity contribution < 1.29 is 4.79 Å². The summed E-state index contributed by atoms with van der Waals surface area (Å²) < 4.78 is 1.99. The molecule has 0 aliphatic heterocycles. The third kappa shape index (κ3) is 4.89. The number of aromatic nitrogens is 3. The lowest BCUT2D eigenvalue weighted by Gasteiger charge is -2.12. The van der Waals surface area contributed by atoms with Crippen molar-refractivity contribution in [1.82, 2.24) is 19.9 Å². The van der Waals surface area contributed by atoms with E-state index in [2.05, 4.69) is 51.9 Å². The third-order valence-electron chi connectivity index (χ3n) is 4.34. The van der Waals surface area contributed by atoms with E-state index in [1.165, 1.54) is 18.8 Å². The minimum atomic E-state index is -0.177. The van der Waals surface area contributed by atoms with Crippen LogP contribution in [0.25, 0.3) is 21.6 Å². The molecule has 0 aliphatic carbocycles. The summed E-state index contributed by atoms with van der Waals surface area (Å²) in [4.78, 5) is 35.3. The number of fused-ring (bicyclic) bond motifs is 1. The van der Waals surface area contributed by atoms with Crippen LogP contribution in [0.15, 0.2) is 40.2 Å². The number of hydrogen-bond acceptors (Lipinski definition) is 5. The van der Waals surface area contributed by atoms with Crippen molar-refractivity contribution >= 4 is 35.0 Å². The zero-order valence-electron chi connectivity index (χ0n) is 17.1. The van der Waals surface area contributed by atoms with Gasteiger partial charge < -0.3 is 19.9 Å². The Morgan fingerprint density at radius 2 is 2.21 bits per heavy atom. The summed E-state index contributed by atoms with van der Waals surface area (Å²) >= 11 is 1.66. The van der Waals surface area contributed by atoms with Gasteiger partial charge in [-0.2, -0.15) is 0 Å². The first-order valence-corrected chi connectivity index (χ1v) is 10.2. The van der Waals surface area contributed by atoms with E-state index in [4.69, 9.17) is 0 Å². The summed E-state index contributed by atoms with van der Waals surface area (Å²) in [7, 11) is 1.64. The van der Waals surface area contributed by atoms with Crippen molar-refractivity contribution in [2.75, 3.05) is 13.6 Å². The molecular weight excluding hydrogens is 386 g/mol. The lowest BCUT2D eigenvalue weighted by atomic mass is 10.1. The molecule has 0 unspecified atom stereocenters. The van der Waals surface area contributed by atoms with E-state index in [1.807, 2.05) is 10.6 Å². The predicted molar refractivity (Wildman–Crippen MR) is 121 cm³/mol. The largest absolute Gasteiger partial charge is 0.355 e. The lowest BCUT2D eigenvalue weighted by Crippen LogP contribution is -2.25. The number of aromatic amines is 1. The van der Waals surface area contributed by atoms with Crippen LogP contribution in [0.1, 0.15) is 25.0 Å². The monoisotopic (exact) mass is 413 g/mol. The fourth-order valence-corrected chi connectivity index (χ4v) is 4.31. The minimum absolute atomic E-state index is 0.0910. The normalized spacial score (nSPS) is 10.3. The molecule has 2 N–H and O–H groups in total. The molecule has 0 radical (unpaired) electrons. The zero-order valence-corrected chi connectivity index (χ0v) is 17.9. The Morgan fingerprint density at radius 1 is 1.48 bits per heavy atom. The van der Waals surface area contributed by atoms with Crippen molar-refractivity contribution in [2.45, 2.75) is 33.2 Å². The van der Waals surface area contributed by atoms with Gasteiger partial charge in [0.15, 0.2) is 0 Å². The van der Waals surface area contributed by atoms with E-state index in [1.54, 1.807) is 18.4 Å². The molecule has 3 aromatic rings. The molecule has 0 atom stereocenters. The average molecular weight is 414 g/mol. The molecule has 0 aliphatic rings. The van der Waals surface area contributed by atoms with Crippen molar-refractivity contribution in [3.05, 3.63) is 51.9 Å². The van der Waals surface area contributed by atoms with Crippen molar-refractivity contribution in [3.8, 4) is 10.6 Å². The average Bonchev–Trinajstić information content (AvgIpc) is 3.26. The smallest absolute Gasteiger partial charge is 0.275 e. The van der Waals surface area contributed by atoms with Crippen LogP contribution in [0.5, 0.6) is 0 Å². The molecule has 1 amide bonds. The first-order chi connectivity index (χ1) is 14.0. The molecule has 0 saturated carbocycles. The van der Waals surface area contributed by atoms with Crippen LogP contribution < -0.4 is 10.9 Å². The van der Waals surface area contributed by atoms with Crippen molar-refractivity contribution in [2.24, 2.45) is 4.99 Å². The number of rotatable bonds is 7. The summed E-state index contributed by atoms with van der Waals surface area (Å²) in [6.07, 6.45) is 4.80. The van der Waals surface area contributed by atoms with E-state index in [9.17, 15) is 9.59 Å². The first-order valence-electron chi connectivity index (χ1n) is 9.35. The lowest BCUT2D eigenvalue weighted by molar-refractivity contribution is -0.118. The number of nitrogens with zero attached hydrogens (tertiary/aromatic N) is 3. The quantitative estimate of drug-likeness (QED) is 0.460. The van der Waals surface area contributed by atoms with Crippen LogP contribution in [0.3, 0.4) is 0 Å². The Bertz CT molecular complexity index is 1060. The maximum atomic E-state index is 12.6. The molecule has 3 heterocycles. The fraction of sp³-hybridized carbons (Fsp3) is 0.333. The Labute approximate surface area is 174 Å². The van der Waals surface area contributed by atoms with Crippen LogP contribution in [-0.4, -0.2) is 40.8 Å². The van der Waals surface area contributed by atoms with Crippen molar-refractivity contribution in [3.63, 3.8) is 0 Å². The Balaban J connectivity index is 0.000000941. The van der Waals surface area contributed by atoms with Gasteiger partial charge in [-0.1, -0.05) is 13.0 Å². The third-order valence-corrected chi connectivity index (χ3v) is 5.30. The first kappa shape index (κ1) is 22.3. The predicted octanol–water partition coefficient (Wildman–Crippen LogP) is 3.20. The molecule has 3 aromatic heterocycles.